The third kappa shape index (κ3) is 3.23. The monoisotopic (exact) mass is 255 g/mol. The van der Waals surface area contributed by atoms with Gasteiger partial charge in [0.25, 0.3) is 0 Å². The molecule has 2 heteroatoms. The van der Waals surface area contributed by atoms with Crippen LogP contribution < -0.4 is 0 Å². The summed E-state index contributed by atoms with van der Waals surface area (Å²) in [6.45, 7) is 2.10. The summed E-state index contributed by atoms with van der Waals surface area (Å²) in [5.74, 6) is 1.44. The topological polar surface area (TPSA) is 40.9 Å². The zero-order valence-electron chi connectivity index (χ0n) is 11.5. The summed E-state index contributed by atoms with van der Waals surface area (Å²) in [5, 5.41) is 8.81. The van der Waals surface area contributed by atoms with Gasteiger partial charge in [0, 0.05) is 5.92 Å². The van der Waals surface area contributed by atoms with Gasteiger partial charge in [-0.3, -0.25) is 0 Å². The van der Waals surface area contributed by atoms with Crippen molar-refractivity contribution in [3.05, 3.63) is 35.4 Å². The van der Waals surface area contributed by atoms with Crippen molar-refractivity contribution in [1.29, 1.82) is 5.26 Å². The molecule has 0 N–H and O–H groups in total. The van der Waals surface area contributed by atoms with Gasteiger partial charge >= 0.3 is 0 Å². The van der Waals surface area contributed by atoms with Gasteiger partial charge in [0.1, 0.15) is 6.29 Å². The summed E-state index contributed by atoms with van der Waals surface area (Å²) in [6, 6.07) is 10.1. The van der Waals surface area contributed by atoms with Crippen LogP contribution in [0, 0.1) is 23.2 Å². The number of nitrogens with zero attached hydrogens (tertiary/aromatic N) is 1. The Balaban J connectivity index is 1.95. The molecule has 0 saturated heterocycles. The summed E-state index contributed by atoms with van der Waals surface area (Å²) in [7, 11) is 0. The number of hydrogen-bond donors (Lipinski definition) is 0. The maximum Gasteiger partial charge on any atom is 0.123 e. The molecule has 0 spiro atoms. The van der Waals surface area contributed by atoms with Gasteiger partial charge in [-0.2, -0.15) is 5.26 Å². The Morgan fingerprint density at radius 2 is 1.89 bits per heavy atom. The Kier molecular flexibility index (Phi) is 4.74. The highest BCUT2D eigenvalue weighted by atomic mass is 16.1. The van der Waals surface area contributed by atoms with Crippen LogP contribution in [-0.2, 0) is 4.79 Å². The first-order valence-corrected chi connectivity index (χ1v) is 7.23. The number of aldehydes is 1. The minimum absolute atomic E-state index is 0.252. The second-order valence-electron chi connectivity index (χ2n) is 5.55. The summed E-state index contributed by atoms with van der Waals surface area (Å²) in [5.41, 5.74) is 2.07. The highest BCUT2D eigenvalue weighted by Gasteiger charge is 2.27. The Hall–Kier alpha value is -1.62. The number of nitriles is 1. The number of carbonyl (C=O) groups is 1. The fourth-order valence-corrected chi connectivity index (χ4v) is 3.25. The normalized spacial score (nSPS) is 24.4. The highest BCUT2D eigenvalue weighted by Crippen LogP contribution is 2.39. The molecule has 100 valence electrons. The fourth-order valence-electron chi connectivity index (χ4n) is 3.25. The molecular formula is C17H21NO. The molecule has 2 rings (SSSR count). The molecule has 0 aromatic heterocycles. The van der Waals surface area contributed by atoms with E-state index < -0.39 is 0 Å². The van der Waals surface area contributed by atoms with E-state index in [1.54, 1.807) is 0 Å². The van der Waals surface area contributed by atoms with Crippen molar-refractivity contribution < 1.29 is 4.79 Å². The van der Waals surface area contributed by atoms with Gasteiger partial charge in [-0.1, -0.05) is 19.1 Å². The average molecular weight is 255 g/mol. The van der Waals surface area contributed by atoms with E-state index in [4.69, 9.17) is 5.26 Å². The third-order valence-corrected chi connectivity index (χ3v) is 4.53. The molecule has 1 fully saturated rings. The standard InChI is InChI=1S/C17H21NO/c1-2-14(12-19)15-7-9-17(10-8-15)16-5-3-13(11-18)4-6-16/h3-6,12,14-15,17H,2,7-10H2,1H3. The van der Waals surface area contributed by atoms with Crippen LogP contribution >= 0.6 is 0 Å². The van der Waals surface area contributed by atoms with Gasteiger partial charge in [0.2, 0.25) is 0 Å². The van der Waals surface area contributed by atoms with Crippen molar-refractivity contribution in [3.8, 4) is 6.07 Å². The van der Waals surface area contributed by atoms with E-state index in [-0.39, 0.29) is 5.92 Å². The summed E-state index contributed by atoms with van der Waals surface area (Å²) in [4.78, 5) is 11.0. The van der Waals surface area contributed by atoms with Crippen LogP contribution in [0.15, 0.2) is 24.3 Å². The van der Waals surface area contributed by atoms with Crippen molar-refractivity contribution in [3.63, 3.8) is 0 Å². The maximum atomic E-state index is 11.0. The zero-order valence-corrected chi connectivity index (χ0v) is 11.5. The average Bonchev–Trinajstić information content (AvgIpc) is 2.49. The van der Waals surface area contributed by atoms with Crippen LogP contribution in [0.2, 0.25) is 0 Å². The molecule has 1 atom stereocenters. The van der Waals surface area contributed by atoms with Crippen molar-refractivity contribution in [2.45, 2.75) is 44.9 Å². The van der Waals surface area contributed by atoms with Gasteiger partial charge in [-0.05, 0) is 61.6 Å². The van der Waals surface area contributed by atoms with Gasteiger partial charge in [0.15, 0.2) is 0 Å². The van der Waals surface area contributed by atoms with Gasteiger partial charge in [0.05, 0.1) is 11.6 Å². The Morgan fingerprint density at radius 1 is 1.26 bits per heavy atom. The molecular weight excluding hydrogens is 234 g/mol. The van der Waals surface area contributed by atoms with E-state index in [0.29, 0.717) is 11.8 Å². The molecule has 0 heterocycles. The van der Waals surface area contributed by atoms with E-state index in [9.17, 15) is 4.79 Å². The van der Waals surface area contributed by atoms with Gasteiger partial charge in [-0.25, -0.2) is 0 Å². The summed E-state index contributed by atoms with van der Waals surface area (Å²) >= 11 is 0. The molecule has 1 aliphatic rings. The second kappa shape index (κ2) is 6.52. The molecule has 1 unspecified atom stereocenters. The Morgan fingerprint density at radius 3 is 2.37 bits per heavy atom. The molecule has 1 aliphatic carbocycles. The quantitative estimate of drug-likeness (QED) is 0.761. The lowest BCUT2D eigenvalue weighted by molar-refractivity contribution is -0.113. The highest BCUT2D eigenvalue weighted by molar-refractivity contribution is 5.53. The number of rotatable bonds is 4. The number of benzene rings is 1. The van der Waals surface area contributed by atoms with Crippen LogP contribution in [0.3, 0.4) is 0 Å². The second-order valence-corrected chi connectivity index (χ2v) is 5.55. The third-order valence-electron chi connectivity index (χ3n) is 4.53. The van der Waals surface area contributed by atoms with Crippen molar-refractivity contribution in [2.24, 2.45) is 11.8 Å². The van der Waals surface area contributed by atoms with Crippen LogP contribution in [0.1, 0.15) is 56.1 Å². The molecule has 0 aliphatic heterocycles. The number of carbonyl (C=O) groups excluding carboxylic acids is 1. The first-order chi connectivity index (χ1) is 9.28. The molecule has 2 nitrogen and oxygen atoms in total. The largest absolute Gasteiger partial charge is 0.303 e. The molecule has 1 saturated carbocycles. The lowest BCUT2D eigenvalue weighted by Crippen LogP contribution is -2.21. The fraction of sp³-hybridized carbons (Fsp3) is 0.529. The lowest BCUT2D eigenvalue weighted by Gasteiger charge is -2.31. The predicted molar refractivity (Wildman–Crippen MR) is 75.7 cm³/mol. The molecule has 1 aromatic rings. The van der Waals surface area contributed by atoms with E-state index in [0.717, 1.165) is 31.1 Å². The van der Waals surface area contributed by atoms with Crippen LogP contribution in [0.4, 0.5) is 0 Å². The Labute approximate surface area is 115 Å². The summed E-state index contributed by atoms with van der Waals surface area (Å²) in [6.07, 6.45) is 6.76. The van der Waals surface area contributed by atoms with Crippen LogP contribution in [-0.4, -0.2) is 6.29 Å². The predicted octanol–water partition coefficient (Wildman–Crippen LogP) is 4.06. The first kappa shape index (κ1) is 13.8. The van der Waals surface area contributed by atoms with Gasteiger partial charge < -0.3 is 4.79 Å². The first-order valence-electron chi connectivity index (χ1n) is 7.23. The lowest BCUT2D eigenvalue weighted by atomic mass is 9.73. The molecule has 19 heavy (non-hydrogen) atoms. The van der Waals surface area contributed by atoms with Crippen LogP contribution in [0.5, 0.6) is 0 Å². The molecule has 0 radical (unpaired) electrons. The zero-order chi connectivity index (χ0) is 13.7. The van der Waals surface area contributed by atoms with E-state index in [2.05, 4.69) is 25.1 Å². The van der Waals surface area contributed by atoms with E-state index in [1.807, 2.05) is 12.1 Å². The van der Waals surface area contributed by atoms with Crippen molar-refractivity contribution >= 4 is 6.29 Å². The molecule has 1 aromatic carbocycles. The molecule has 0 amide bonds. The van der Waals surface area contributed by atoms with E-state index in [1.165, 1.54) is 18.4 Å². The van der Waals surface area contributed by atoms with Gasteiger partial charge in [-0.15, -0.1) is 0 Å². The van der Waals surface area contributed by atoms with Crippen molar-refractivity contribution in [2.75, 3.05) is 0 Å². The SMILES string of the molecule is CCC(C=O)C1CCC(c2ccc(C#N)cc2)CC1. The molecule has 0 bridgehead atoms. The minimum atomic E-state index is 0.252. The Bertz CT molecular complexity index is 449. The van der Waals surface area contributed by atoms with E-state index >= 15 is 0 Å². The minimum Gasteiger partial charge on any atom is -0.303 e. The number of hydrogen-bond acceptors (Lipinski definition) is 2. The smallest absolute Gasteiger partial charge is 0.123 e. The van der Waals surface area contributed by atoms with Crippen LogP contribution in [0.25, 0.3) is 0 Å². The van der Waals surface area contributed by atoms with Crippen molar-refractivity contribution in [1.82, 2.24) is 0 Å². The maximum absolute atomic E-state index is 11.0. The summed E-state index contributed by atoms with van der Waals surface area (Å²) < 4.78 is 0.